The van der Waals surface area contributed by atoms with E-state index < -0.39 is 6.04 Å². The van der Waals surface area contributed by atoms with Gasteiger partial charge < -0.3 is 10.6 Å². The molecule has 3 atom stereocenters. The minimum absolute atomic E-state index is 0.0706. The first-order valence-electron chi connectivity index (χ1n) is 7.81. The molecular weight excluding hydrogens is 308 g/mol. The highest BCUT2D eigenvalue weighted by Gasteiger charge is 2.56. The van der Waals surface area contributed by atoms with Crippen molar-refractivity contribution < 1.29 is 9.59 Å². The zero-order valence-electron chi connectivity index (χ0n) is 12.9. The lowest BCUT2D eigenvalue weighted by molar-refractivity contribution is -0.122. The van der Waals surface area contributed by atoms with Gasteiger partial charge in [0.25, 0.3) is 5.91 Å². The minimum Gasteiger partial charge on any atom is -0.368 e. The van der Waals surface area contributed by atoms with E-state index in [4.69, 9.17) is 5.73 Å². The van der Waals surface area contributed by atoms with Crippen molar-refractivity contribution in [2.45, 2.75) is 19.4 Å². The number of rotatable bonds is 3. The Morgan fingerprint density at radius 1 is 1.30 bits per heavy atom. The highest BCUT2D eigenvalue weighted by atomic mass is 32.1. The van der Waals surface area contributed by atoms with Crippen LogP contribution < -0.4 is 5.73 Å². The summed E-state index contributed by atoms with van der Waals surface area (Å²) in [6, 6.07) is 9.55. The molecule has 2 N–H and O–H groups in total. The third-order valence-corrected chi connectivity index (χ3v) is 5.84. The predicted molar refractivity (Wildman–Crippen MR) is 90.1 cm³/mol. The Hall–Kier alpha value is -2.14. The first-order valence-corrected chi connectivity index (χ1v) is 8.69. The van der Waals surface area contributed by atoms with E-state index in [1.165, 1.54) is 0 Å². The standard InChI is InChI=1S/C18H18N2O2S/c1-10-3-2-4-11(7-10)16-13(5-6-23-16)18(22)20-9-12-8-14(12)15(20)17(19)21/h2-7,12,14-15H,8-9H2,1H3,(H2,19,21)/t12-,14-,15-/m0/s1. The number of amides is 2. The van der Waals surface area contributed by atoms with Gasteiger partial charge in [0.1, 0.15) is 6.04 Å². The maximum Gasteiger partial charge on any atom is 0.256 e. The monoisotopic (exact) mass is 326 g/mol. The summed E-state index contributed by atoms with van der Waals surface area (Å²) < 4.78 is 0. The molecule has 2 amide bonds. The third kappa shape index (κ3) is 2.36. The second-order valence-corrected chi connectivity index (χ2v) is 7.41. The molecule has 2 fully saturated rings. The van der Waals surface area contributed by atoms with E-state index in [0.717, 1.165) is 22.4 Å². The zero-order valence-corrected chi connectivity index (χ0v) is 13.7. The maximum absolute atomic E-state index is 13.0. The molecule has 1 aromatic carbocycles. The smallest absolute Gasteiger partial charge is 0.256 e. The molecule has 1 aromatic heterocycles. The predicted octanol–water partition coefficient (Wildman–Crippen LogP) is 2.67. The van der Waals surface area contributed by atoms with Crippen LogP contribution in [0, 0.1) is 18.8 Å². The SMILES string of the molecule is Cc1cccc(-c2sccc2C(=O)N2C[C@@H]3C[C@@H]3[C@H]2C(N)=O)c1. The Balaban J connectivity index is 1.68. The number of primary amides is 1. The molecule has 23 heavy (non-hydrogen) atoms. The van der Waals surface area contributed by atoms with Gasteiger partial charge in [0.05, 0.1) is 5.56 Å². The Kier molecular flexibility index (Phi) is 3.27. The Bertz CT molecular complexity index is 798. The number of piperidine rings is 1. The van der Waals surface area contributed by atoms with Crippen LogP contribution in [0.3, 0.4) is 0 Å². The molecule has 0 unspecified atom stereocenters. The van der Waals surface area contributed by atoms with Gasteiger partial charge in [0, 0.05) is 11.4 Å². The number of nitrogens with two attached hydrogens (primary N) is 1. The van der Waals surface area contributed by atoms with Gasteiger partial charge in [-0.15, -0.1) is 11.3 Å². The van der Waals surface area contributed by atoms with Gasteiger partial charge in [-0.1, -0.05) is 29.8 Å². The lowest BCUT2D eigenvalue weighted by atomic mass is 10.1. The molecule has 118 valence electrons. The molecule has 1 saturated carbocycles. The number of hydrogen-bond donors (Lipinski definition) is 1. The molecule has 2 heterocycles. The van der Waals surface area contributed by atoms with Crippen LogP contribution in [0.5, 0.6) is 0 Å². The number of carbonyl (C=O) groups is 2. The van der Waals surface area contributed by atoms with Crippen molar-refractivity contribution >= 4 is 23.2 Å². The zero-order chi connectivity index (χ0) is 16.1. The molecule has 1 aliphatic carbocycles. The third-order valence-electron chi connectivity index (χ3n) is 4.88. The Labute approximate surface area is 138 Å². The van der Waals surface area contributed by atoms with Crippen LogP contribution in [0.15, 0.2) is 35.7 Å². The van der Waals surface area contributed by atoms with Crippen LogP contribution in [-0.4, -0.2) is 29.3 Å². The van der Waals surface area contributed by atoms with Gasteiger partial charge in [0.15, 0.2) is 0 Å². The molecule has 2 aromatic rings. The summed E-state index contributed by atoms with van der Waals surface area (Å²) in [5.74, 6) is 0.282. The average molecular weight is 326 g/mol. The molecule has 1 saturated heterocycles. The van der Waals surface area contributed by atoms with E-state index in [1.807, 2.05) is 36.6 Å². The second-order valence-electron chi connectivity index (χ2n) is 6.50. The van der Waals surface area contributed by atoms with E-state index >= 15 is 0 Å². The average Bonchev–Trinajstić information content (AvgIpc) is 2.98. The maximum atomic E-state index is 13.0. The molecule has 0 bridgehead atoms. The van der Waals surface area contributed by atoms with Crippen molar-refractivity contribution in [2.24, 2.45) is 17.6 Å². The fourth-order valence-corrected chi connectivity index (χ4v) is 4.57. The lowest BCUT2D eigenvalue weighted by Crippen LogP contribution is -2.46. The molecular formula is C18H18N2O2S. The molecule has 0 radical (unpaired) electrons. The molecule has 2 aliphatic rings. The highest BCUT2D eigenvalue weighted by Crippen LogP contribution is 2.50. The number of fused-ring (bicyclic) bond motifs is 1. The van der Waals surface area contributed by atoms with E-state index in [1.54, 1.807) is 16.2 Å². The van der Waals surface area contributed by atoms with E-state index in [0.29, 0.717) is 18.0 Å². The van der Waals surface area contributed by atoms with Gasteiger partial charge in [-0.05, 0) is 42.2 Å². The fraction of sp³-hybridized carbons (Fsp3) is 0.333. The quantitative estimate of drug-likeness (QED) is 0.942. The first-order chi connectivity index (χ1) is 11.1. The van der Waals surface area contributed by atoms with Crippen molar-refractivity contribution in [1.29, 1.82) is 0 Å². The van der Waals surface area contributed by atoms with Gasteiger partial charge in [-0.3, -0.25) is 9.59 Å². The number of hydrogen-bond acceptors (Lipinski definition) is 3. The summed E-state index contributed by atoms with van der Waals surface area (Å²) in [6.07, 6.45) is 1.02. The number of benzene rings is 1. The van der Waals surface area contributed by atoms with Gasteiger partial charge in [-0.25, -0.2) is 0 Å². The second kappa shape index (κ2) is 5.20. The summed E-state index contributed by atoms with van der Waals surface area (Å²) in [7, 11) is 0. The largest absolute Gasteiger partial charge is 0.368 e. The van der Waals surface area contributed by atoms with Gasteiger partial charge >= 0.3 is 0 Å². The van der Waals surface area contributed by atoms with E-state index in [2.05, 4.69) is 6.07 Å². The Morgan fingerprint density at radius 2 is 2.13 bits per heavy atom. The number of carbonyl (C=O) groups excluding carboxylic acids is 2. The molecule has 0 spiro atoms. The van der Waals surface area contributed by atoms with E-state index in [9.17, 15) is 9.59 Å². The number of likely N-dealkylation sites (tertiary alicyclic amines) is 1. The van der Waals surface area contributed by atoms with Crippen molar-refractivity contribution in [3.8, 4) is 10.4 Å². The summed E-state index contributed by atoms with van der Waals surface area (Å²) in [5.41, 5.74) is 8.41. The van der Waals surface area contributed by atoms with Gasteiger partial charge in [-0.2, -0.15) is 0 Å². The summed E-state index contributed by atoms with van der Waals surface area (Å²) in [4.78, 5) is 27.4. The topological polar surface area (TPSA) is 63.4 Å². The van der Waals surface area contributed by atoms with Crippen molar-refractivity contribution in [1.82, 2.24) is 4.90 Å². The van der Waals surface area contributed by atoms with Crippen LogP contribution >= 0.6 is 11.3 Å². The number of aryl methyl sites for hydroxylation is 1. The minimum atomic E-state index is -0.433. The van der Waals surface area contributed by atoms with Crippen molar-refractivity contribution in [3.05, 3.63) is 46.8 Å². The molecule has 4 rings (SSSR count). The van der Waals surface area contributed by atoms with Crippen LogP contribution in [0.25, 0.3) is 10.4 Å². The van der Waals surface area contributed by atoms with Crippen LogP contribution in [0.2, 0.25) is 0 Å². The van der Waals surface area contributed by atoms with Crippen LogP contribution in [0.1, 0.15) is 22.3 Å². The Morgan fingerprint density at radius 3 is 2.87 bits per heavy atom. The van der Waals surface area contributed by atoms with Gasteiger partial charge in [0.2, 0.25) is 5.91 Å². The normalized spacial score (nSPS) is 25.3. The summed E-state index contributed by atoms with van der Waals surface area (Å²) in [5, 5.41) is 1.93. The summed E-state index contributed by atoms with van der Waals surface area (Å²) in [6.45, 7) is 2.69. The highest BCUT2D eigenvalue weighted by molar-refractivity contribution is 7.14. The van der Waals surface area contributed by atoms with Crippen LogP contribution in [0.4, 0.5) is 0 Å². The van der Waals surface area contributed by atoms with Crippen molar-refractivity contribution in [3.63, 3.8) is 0 Å². The molecule has 1 aliphatic heterocycles. The van der Waals surface area contributed by atoms with E-state index in [-0.39, 0.29) is 17.7 Å². The molecule has 5 heteroatoms. The summed E-state index contributed by atoms with van der Waals surface area (Å²) >= 11 is 1.56. The number of thiophene rings is 1. The first kappa shape index (κ1) is 14.5. The fourth-order valence-electron chi connectivity index (χ4n) is 3.68. The van der Waals surface area contributed by atoms with Crippen LogP contribution in [-0.2, 0) is 4.79 Å². The number of nitrogens with zero attached hydrogens (tertiary/aromatic N) is 1. The lowest BCUT2D eigenvalue weighted by Gasteiger charge is -2.25. The molecule has 4 nitrogen and oxygen atoms in total. The van der Waals surface area contributed by atoms with Crippen molar-refractivity contribution in [2.75, 3.05) is 6.54 Å².